The van der Waals surface area contributed by atoms with E-state index in [1.807, 2.05) is 0 Å². The molecule has 0 unspecified atom stereocenters. The molecule has 2 aliphatic carbocycles. The van der Waals surface area contributed by atoms with E-state index in [0.29, 0.717) is 41.1 Å². The molecule has 0 radical (unpaired) electrons. The van der Waals surface area contributed by atoms with Gasteiger partial charge in [0.05, 0.1) is 10.9 Å². The summed E-state index contributed by atoms with van der Waals surface area (Å²) in [5.41, 5.74) is 0.858. The Morgan fingerprint density at radius 1 is 1.39 bits per heavy atom. The molecule has 1 amide bonds. The molecule has 4 rings (SSSR count). The van der Waals surface area contributed by atoms with Crippen molar-refractivity contribution in [3.63, 3.8) is 0 Å². The summed E-state index contributed by atoms with van der Waals surface area (Å²) >= 11 is 0. The van der Waals surface area contributed by atoms with Crippen molar-refractivity contribution < 1.29 is 13.6 Å². The molecule has 2 fully saturated rings. The van der Waals surface area contributed by atoms with Gasteiger partial charge in [-0.3, -0.25) is 4.79 Å². The van der Waals surface area contributed by atoms with Crippen LogP contribution >= 0.6 is 0 Å². The van der Waals surface area contributed by atoms with Gasteiger partial charge in [-0.15, -0.1) is 0 Å². The van der Waals surface area contributed by atoms with Crippen LogP contribution in [0.2, 0.25) is 0 Å². The quantitative estimate of drug-likeness (QED) is 0.906. The Morgan fingerprint density at radius 2 is 2.13 bits per heavy atom. The molecular weight excluding hydrogens is 299 g/mol. The van der Waals surface area contributed by atoms with Gasteiger partial charge in [-0.1, -0.05) is 0 Å². The first kappa shape index (κ1) is 14.4. The Morgan fingerprint density at radius 3 is 2.78 bits per heavy atom. The average Bonchev–Trinajstić information content (AvgIpc) is 3.06. The number of furan rings is 1. The maximum Gasteiger partial charge on any atom is 0.255 e. The van der Waals surface area contributed by atoms with E-state index >= 15 is 0 Å². The number of nitrogens with zero attached hydrogens (tertiary/aromatic N) is 2. The number of rotatable bonds is 4. The Labute approximate surface area is 132 Å². The summed E-state index contributed by atoms with van der Waals surface area (Å²) in [6.07, 6.45) is 3.51. The molecule has 0 aliphatic heterocycles. The number of carbonyl (C=O) groups is 1. The van der Waals surface area contributed by atoms with Crippen LogP contribution in [0.4, 0.5) is 10.2 Å². The fourth-order valence-corrected chi connectivity index (χ4v) is 2.93. The highest BCUT2D eigenvalue weighted by molar-refractivity contribution is 6.10. The van der Waals surface area contributed by atoms with Crippen LogP contribution in [0.5, 0.6) is 0 Å². The maximum atomic E-state index is 12.9. The summed E-state index contributed by atoms with van der Waals surface area (Å²) in [4.78, 5) is 21.0. The third kappa shape index (κ3) is 2.54. The van der Waals surface area contributed by atoms with E-state index in [2.05, 4.69) is 27.5 Å². The molecule has 2 saturated carbocycles. The van der Waals surface area contributed by atoms with Crippen molar-refractivity contribution in [1.82, 2.24) is 15.3 Å². The van der Waals surface area contributed by atoms with E-state index in [-0.39, 0.29) is 17.5 Å². The lowest BCUT2D eigenvalue weighted by Gasteiger charge is -2.30. The van der Waals surface area contributed by atoms with Crippen LogP contribution in [0.1, 0.15) is 48.7 Å². The zero-order valence-electron chi connectivity index (χ0n) is 13.1. The van der Waals surface area contributed by atoms with E-state index in [0.717, 1.165) is 12.8 Å². The number of alkyl halides is 1. The lowest BCUT2D eigenvalue weighted by molar-refractivity contribution is 0.0860. The first-order chi connectivity index (χ1) is 11.0. The van der Waals surface area contributed by atoms with Crippen LogP contribution in [0, 0.1) is 6.92 Å². The predicted molar refractivity (Wildman–Crippen MR) is 83.2 cm³/mol. The number of aromatic nitrogens is 2. The van der Waals surface area contributed by atoms with Gasteiger partial charge in [-0.2, -0.15) is 0 Å². The number of hydrogen-bond donors (Lipinski definition) is 2. The largest absolute Gasteiger partial charge is 0.442 e. The van der Waals surface area contributed by atoms with E-state index < -0.39 is 6.17 Å². The monoisotopic (exact) mass is 318 g/mol. The lowest BCUT2D eigenvalue weighted by atomic mass is 9.90. The Kier molecular flexibility index (Phi) is 3.08. The summed E-state index contributed by atoms with van der Waals surface area (Å²) in [5, 5.41) is 6.85. The van der Waals surface area contributed by atoms with Crippen molar-refractivity contribution in [2.24, 2.45) is 0 Å². The van der Waals surface area contributed by atoms with Gasteiger partial charge in [-0.05, 0) is 39.5 Å². The summed E-state index contributed by atoms with van der Waals surface area (Å²) in [5.74, 6) is 0.865. The third-order valence-corrected chi connectivity index (χ3v) is 4.73. The number of hydrogen-bond acceptors (Lipinski definition) is 5. The van der Waals surface area contributed by atoms with Gasteiger partial charge in [0.15, 0.2) is 0 Å². The molecule has 2 N–H and O–H groups in total. The molecular formula is C16H19FN4O2. The van der Waals surface area contributed by atoms with E-state index in [4.69, 9.17) is 4.42 Å². The molecule has 0 aromatic carbocycles. The second kappa shape index (κ2) is 4.91. The summed E-state index contributed by atoms with van der Waals surface area (Å²) in [7, 11) is 0. The maximum absolute atomic E-state index is 12.9. The number of nitrogens with one attached hydrogen (secondary N) is 2. The van der Waals surface area contributed by atoms with Crippen molar-refractivity contribution >= 4 is 22.8 Å². The van der Waals surface area contributed by atoms with Gasteiger partial charge in [-0.25, -0.2) is 14.4 Å². The number of fused-ring (bicyclic) bond motifs is 1. The fraction of sp³-hybridized carbons (Fsp3) is 0.562. The number of halogens is 1. The van der Waals surface area contributed by atoms with Crippen LogP contribution in [-0.2, 0) is 0 Å². The van der Waals surface area contributed by atoms with Gasteiger partial charge >= 0.3 is 0 Å². The highest BCUT2D eigenvalue weighted by Gasteiger charge is 2.39. The Balaban J connectivity index is 1.69. The number of amides is 1. The van der Waals surface area contributed by atoms with E-state index in [9.17, 15) is 9.18 Å². The van der Waals surface area contributed by atoms with Gasteiger partial charge in [0.1, 0.15) is 24.1 Å². The van der Waals surface area contributed by atoms with Crippen LogP contribution in [0.3, 0.4) is 0 Å². The molecule has 0 spiro atoms. The molecule has 0 atom stereocenters. The molecule has 2 aliphatic rings. The minimum absolute atomic E-state index is 0.0234. The van der Waals surface area contributed by atoms with E-state index in [1.165, 1.54) is 6.33 Å². The standard InChI is InChI=1S/C16H19FN4O2/c1-8-11(14(22)20-10-5-9(17)6-10)12-13(21-16(2)3-4-16)18-7-19-15(12)23-8/h7,9-10H,3-6H2,1-2H3,(H,20,22)(H,18,19,21)/t9-,10+. The molecule has 2 aromatic rings. The van der Waals surface area contributed by atoms with Gasteiger partial charge in [0.25, 0.3) is 5.91 Å². The molecule has 122 valence electrons. The van der Waals surface area contributed by atoms with Crippen molar-refractivity contribution in [3.8, 4) is 0 Å². The average molecular weight is 318 g/mol. The molecule has 7 heteroatoms. The Hall–Kier alpha value is -2.18. The minimum Gasteiger partial charge on any atom is -0.442 e. The topological polar surface area (TPSA) is 80.1 Å². The normalized spacial score (nSPS) is 25.0. The van der Waals surface area contributed by atoms with Crippen LogP contribution < -0.4 is 10.6 Å². The molecule has 0 bridgehead atoms. The van der Waals surface area contributed by atoms with Crippen LogP contribution in [0.15, 0.2) is 10.7 Å². The van der Waals surface area contributed by atoms with E-state index in [1.54, 1.807) is 6.92 Å². The first-order valence-corrected chi connectivity index (χ1v) is 7.92. The van der Waals surface area contributed by atoms with Crippen molar-refractivity contribution in [1.29, 1.82) is 0 Å². The predicted octanol–water partition coefficient (Wildman–Crippen LogP) is 2.73. The molecule has 2 heterocycles. The van der Waals surface area contributed by atoms with Crippen LogP contribution in [0.25, 0.3) is 11.1 Å². The smallest absolute Gasteiger partial charge is 0.255 e. The second-order valence-electron chi connectivity index (χ2n) is 6.86. The molecule has 2 aromatic heterocycles. The van der Waals surface area contributed by atoms with Crippen molar-refractivity contribution in [3.05, 3.63) is 17.7 Å². The minimum atomic E-state index is -0.808. The number of anilines is 1. The third-order valence-electron chi connectivity index (χ3n) is 4.73. The highest BCUT2D eigenvalue weighted by atomic mass is 19.1. The van der Waals surface area contributed by atoms with Gasteiger partial charge in [0.2, 0.25) is 5.71 Å². The molecule has 6 nitrogen and oxygen atoms in total. The second-order valence-corrected chi connectivity index (χ2v) is 6.86. The van der Waals surface area contributed by atoms with Crippen molar-refractivity contribution in [2.75, 3.05) is 5.32 Å². The summed E-state index contributed by atoms with van der Waals surface area (Å²) in [6.45, 7) is 3.85. The fourth-order valence-electron chi connectivity index (χ4n) is 2.93. The number of carbonyl (C=O) groups excluding carboxylic acids is 1. The first-order valence-electron chi connectivity index (χ1n) is 7.92. The van der Waals surface area contributed by atoms with Crippen LogP contribution in [-0.4, -0.2) is 33.6 Å². The Bertz CT molecular complexity index is 778. The molecule has 0 saturated heterocycles. The molecule has 23 heavy (non-hydrogen) atoms. The summed E-state index contributed by atoms with van der Waals surface area (Å²) < 4.78 is 18.6. The van der Waals surface area contributed by atoms with Gasteiger partial charge in [0, 0.05) is 11.6 Å². The lowest BCUT2D eigenvalue weighted by Crippen LogP contribution is -2.45. The van der Waals surface area contributed by atoms with Crippen molar-refractivity contribution in [2.45, 2.75) is 57.3 Å². The number of aryl methyl sites for hydroxylation is 1. The van der Waals surface area contributed by atoms with Gasteiger partial charge < -0.3 is 15.1 Å². The zero-order valence-corrected chi connectivity index (χ0v) is 13.1. The zero-order chi connectivity index (χ0) is 16.2. The highest BCUT2D eigenvalue weighted by Crippen LogP contribution is 2.40. The SMILES string of the molecule is Cc1oc2ncnc(NC3(C)CC3)c2c1C(=O)N[C@H]1C[C@@H](F)C1. The summed E-state index contributed by atoms with van der Waals surface area (Å²) in [6, 6.07) is -0.108.